The van der Waals surface area contributed by atoms with Gasteiger partial charge in [-0.25, -0.2) is 4.98 Å². The van der Waals surface area contributed by atoms with Crippen LogP contribution < -0.4 is 10.6 Å². The summed E-state index contributed by atoms with van der Waals surface area (Å²) in [6, 6.07) is 3.64. The first-order valence-corrected chi connectivity index (χ1v) is 7.44. The average Bonchev–Trinajstić information content (AvgIpc) is 2.38. The van der Waals surface area contributed by atoms with Crippen molar-refractivity contribution >= 4 is 23.5 Å². The summed E-state index contributed by atoms with van der Waals surface area (Å²) in [6.07, 6.45) is 2.02. The lowest BCUT2D eigenvalue weighted by Gasteiger charge is -2.11. The Hall–Kier alpha value is -1.23. The van der Waals surface area contributed by atoms with Gasteiger partial charge in [0.1, 0.15) is 5.82 Å². The van der Waals surface area contributed by atoms with Gasteiger partial charge in [0.25, 0.3) is 5.91 Å². The Morgan fingerprint density at radius 1 is 1.44 bits per heavy atom. The lowest BCUT2D eigenvalue weighted by Crippen LogP contribution is -2.26. The van der Waals surface area contributed by atoms with Gasteiger partial charge in [0.15, 0.2) is 0 Å². The Balaban J connectivity index is 2.86. The molecule has 4 nitrogen and oxygen atoms in total. The number of pyridine rings is 1. The molecule has 1 heterocycles. The van der Waals surface area contributed by atoms with E-state index in [9.17, 15) is 4.79 Å². The molecule has 0 atom stereocenters. The van der Waals surface area contributed by atoms with Crippen LogP contribution in [0, 0.1) is 0 Å². The molecule has 0 unspecified atom stereocenters. The van der Waals surface area contributed by atoms with Crippen molar-refractivity contribution in [3.63, 3.8) is 0 Å². The van der Waals surface area contributed by atoms with Crippen LogP contribution in [0.25, 0.3) is 0 Å². The number of thioether (sulfide) groups is 1. The van der Waals surface area contributed by atoms with E-state index >= 15 is 0 Å². The molecule has 0 aliphatic carbocycles. The molecule has 1 amide bonds. The zero-order chi connectivity index (χ0) is 13.5. The third-order valence-corrected chi connectivity index (χ3v) is 3.16. The van der Waals surface area contributed by atoms with Gasteiger partial charge >= 0.3 is 0 Å². The molecule has 0 aromatic carbocycles. The monoisotopic (exact) mass is 267 g/mol. The van der Waals surface area contributed by atoms with E-state index in [1.165, 1.54) is 0 Å². The summed E-state index contributed by atoms with van der Waals surface area (Å²) in [6.45, 7) is 4.82. The van der Waals surface area contributed by atoms with E-state index in [0.29, 0.717) is 18.0 Å². The number of anilines is 1. The summed E-state index contributed by atoms with van der Waals surface area (Å²) in [5.74, 6) is 1.92. The number of carbonyl (C=O) groups is 1. The van der Waals surface area contributed by atoms with Gasteiger partial charge in [-0.2, -0.15) is 11.8 Å². The Kier molecular flexibility index (Phi) is 5.98. The Bertz CT molecular complexity index is 407. The second-order valence-corrected chi connectivity index (χ2v) is 5.30. The van der Waals surface area contributed by atoms with Crippen LogP contribution in [-0.2, 0) is 0 Å². The number of nitrogens with zero attached hydrogens (tertiary/aromatic N) is 1. The average molecular weight is 267 g/mol. The van der Waals surface area contributed by atoms with Crippen molar-refractivity contribution in [1.29, 1.82) is 0 Å². The lowest BCUT2D eigenvalue weighted by molar-refractivity contribution is 0.0956. The maximum atomic E-state index is 12.0. The lowest BCUT2D eigenvalue weighted by atomic mass is 10.1. The number of rotatable bonds is 6. The summed E-state index contributed by atoms with van der Waals surface area (Å²) < 4.78 is 0. The molecule has 2 N–H and O–H groups in total. The first-order chi connectivity index (χ1) is 8.58. The van der Waals surface area contributed by atoms with E-state index < -0.39 is 0 Å². The highest BCUT2D eigenvalue weighted by molar-refractivity contribution is 7.98. The van der Waals surface area contributed by atoms with Crippen molar-refractivity contribution in [3.8, 4) is 0 Å². The summed E-state index contributed by atoms with van der Waals surface area (Å²) >= 11 is 1.72. The molecular formula is C13H21N3OS. The molecule has 0 saturated heterocycles. The largest absolute Gasteiger partial charge is 0.373 e. The second kappa shape index (κ2) is 7.26. The van der Waals surface area contributed by atoms with E-state index in [0.717, 1.165) is 17.3 Å². The number of nitrogens with one attached hydrogen (secondary N) is 2. The fraction of sp³-hybridized carbons (Fsp3) is 0.538. The number of amides is 1. The molecule has 0 aliphatic heterocycles. The maximum Gasteiger partial charge on any atom is 0.251 e. The Labute approximate surface area is 113 Å². The summed E-state index contributed by atoms with van der Waals surface area (Å²) in [5.41, 5.74) is 1.59. The van der Waals surface area contributed by atoms with Crippen LogP contribution in [0.4, 0.5) is 5.82 Å². The molecule has 100 valence electrons. The van der Waals surface area contributed by atoms with Crippen LogP contribution in [0.5, 0.6) is 0 Å². The molecule has 0 fully saturated rings. The van der Waals surface area contributed by atoms with E-state index in [4.69, 9.17) is 0 Å². The number of hydrogen-bond acceptors (Lipinski definition) is 4. The zero-order valence-corrected chi connectivity index (χ0v) is 12.2. The zero-order valence-electron chi connectivity index (χ0n) is 11.4. The predicted molar refractivity (Wildman–Crippen MR) is 78.6 cm³/mol. The van der Waals surface area contributed by atoms with Gasteiger partial charge in [-0.1, -0.05) is 13.8 Å². The quantitative estimate of drug-likeness (QED) is 0.777. The van der Waals surface area contributed by atoms with E-state index in [2.05, 4.69) is 29.5 Å². The third kappa shape index (κ3) is 4.22. The van der Waals surface area contributed by atoms with Gasteiger partial charge in [0.05, 0.1) is 0 Å². The van der Waals surface area contributed by atoms with Crippen LogP contribution in [0.2, 0.25) is 0 Å². The highest BCUT2D eigenvalue weighted by atomic mass is 32.2. The minimum absolute atomic E-state index is 0.0372. The highest BCUT2D eigenvalue weighted by Crippen LogP contribution is 2.17. The molecular weight excluding hydrogens is 246 g/mol. The number of hydrogen-bond donors (Lipinski definition) is 2. The number of aromatic nitrogens is 1. The van der Waals surface area contributed by atoms with Gasteiger partial charge in [0.2, 0.25) is 0 Å². The van der Waals surface area contributed by atoms with Crippen molar-refractivity contribution in [1.82, 2.24) is 10.3 Å². The third-order valence-electron chi connectivity index (χ3n) is 2.55. The van der Waals surface area contributed by atoms with Crippen molar-refractivity contribution in [2.45, 2.75) is 19.8 Å². The normalized spacial score (nSPS) is 10.5. The van der Waals surface area contributed by atoms with Gasteiger partial charge in [0, 0.05) is 30.6 Å². The smallest absolute Gasteiger partial charge is 0.251 e. The maximum absolute atomic E-state index is 12.0. The van der Waals surface area contributed by atoms with Crippen LogP contribution in [0.15, 0.2) is 12.1 Å². The molecule has 0 aliphatic rings. The topological polar surface area (TPSA) is 54.0 Å². The van der Waals surface area contributed by atoms with Crippen LogP contribution in [0.3, 0.4) is 0 Å². The van der Waals surface area contributed by atoms with Crippen molar-refractivity contribution in [2.75, 3.05) is 30.9 Å². The molecule has 1 rings (SSSR count). The first kappa shape index (κ1) is 14.8. The molecule has 18 heavy (non-hydrogen) atoms. The molecule has 1 aromatic heterocycles. The van der Waals surface area contributed by atoms with Gasteiger partial charge < -0.3 is 10.6 Å². The number of carbonyl (C=O) groups excluding carboxylic acids is 1. The van der Waals surface area contributed by atoms with Crippen LogP contribution in [-0.4, -0.2) is 36.5 Å². The summed E-state index contributed by atoms with van der Waals surface area (Å²) in [4.78, 5) is 16.4. The molecule has 5 heteroatoms. The molecule has 0 spiro atoms. The second-order valence-electron chi connectivity index (χ2n) is 4.32. The van der Waals surface area contributed by atoms with Gasteiger partial charge in [-0.05, 0) is 24.3 Å². The molecule has 0 radical (unpaired) electrons. The summed E-state index contributed by atoms with van der Waals surface area (Å²) in [5, 5.41) is 5.89. The highest BCUT2D eigenvalue weighted by Gasteiger charge is 2.10. The first-order valence-electron chi connectivity index (χ1n) is 6.05. The van der Waals surface area contributed by atoms with E-state index in [1.807, 2.05) is 19.4 Å². The van der Waals surface area contributed by atoms with Crippen molar-refractivity contribution in [2.24, 2.45) is 0 Å². The Morgan fingerprint density at radius 2 is 2.17 bits per heavy atom. The SMILES string of the molecule is CNc1cc(C(=O)NCCSC)cc(C(C)C)n1. The fourth-order valence-corrected chi connectivity index (χ4v) is 1.78. The molecule has 0 bridgehead atoms. The van der Waals surface area contributed by atoms with E-state index in [1.54, 1.807) is 17.8 Å². The van der Waals surface area contributed by atoms with Crippen molar-refractivity contribution in [3.05, 3.63) is 23.4 Å². The van der Waals surface area contributed by atoms with Crippen LogP contribution in [0.1, 0.15) is 35.8 Å². The van der Waals surface area contributed by atoms with Gasteiger partial charge in [-0.3, -0.25) is 4.79 Å². The Morgan fingerprint density at radius 3 is 2.72 bits per heavy atom. The fourth-order valence-electron chi connectivity index (χ4n) is 1.48. The minimum Gasteiger partial charge on any atom is -0.373 e. The standard InChI is InChI=1S/C13H21N3OS/c1-9(2)11-7-10(8-12(14-3)16-11)13(17)15-5-6-18-4/h7-9H,5-6H2,1-4H3,(H,14,16)(H,15,17). The summed E-state index contributed by atoms with van der Waals surface area (Å²) in [7, 11) is 1.81. The molecule has 0 saturated carbocycles. The van der Waals surface area contributed by atoms with E-state index in [-0.39, 0.29) is 5.91 Å². The predicted octanol–water partition coefficient (Wildman–Crippen LogP) is 2.34. The molecule has 1 aromatic rings. The minimum atomic E-state index is -0.0372. The van der Waals surface area contributed by atoms with Gasteiger partial charge in [-0.15, -0.1) is 0 Å². The van der Waals surface area contributed by atoms with Crippen molar-refractivity contribution < 1.29 is 4.79 Å². The van der Waals surface area contributed by atoms with Crippen LogP contribution >= 0.6 is 11.8 Å².